The Kier molecular flexibility index (Phi) is 19.2. The van der Waals surface area contributed by atoms with Crippen molar-refractivity contribution in [3.05, 3.63) is 172 Å². The van der Waals surface area contributed by atoms with Gasteiger partial charge in [-0.25, -0.2) is 86.3 Å². The van der Waals surface area contributed by atoms with Crippen LogP contribution in [0.15, 0.2) is 60.7 Å². The van der Waals surface area contributed by atoms with Crippen LogP contribution in [0.2, 0.25) is 0 Å². The van der Waals surface area contributed by atoms with Gasteiger partial charge in [-0.1, -0.05) is 74.0 Å². The first-order valence-electron chi connectivity index (χ1n) is 23.2. The standard InChI is InChI=1S/C53H32O34/c1-2-3-14-84-48(78)33-31(49(79)85-35(15-10-6-4-7-11-15)16-12-8-5-9-13-16)27(46(74)75)28(47(76)77)32(52(82)86-50(80)29-23(42(66)67)19(38(58)59)17(36(54)55)20(39(60)61)24(29)43(68)69)34(33)53(83)87-51(81)30-25(44(70)71)21(40(62)63)18(37(56)57)22(41(64)65)26(30)45(72)73/h4-13,35H,2-3,14H2,1H3,(H,54,55)(H,56,57)(H,58,59)(H,60,61)(H,62,63)(H,64,65)(H,66,67)(H,68,69)(H,70,71)(H,72,73)(H,74,75)(H,76,77). The number of carboxylic acids is 12. The molecule has 0 bridgehead atoms. The van der Waals surface area contributed by atoms with E-state index in [1.807, 2.05) is 0 Å². The highest BCUT2D eigenvalue weighted by Gasteiger charge is 2.48. The van der Waals surface area contributed by atoms with Crippen LogP contribution >= 0.6 is 0 Å². The zero-order valence-corrected chi connectivity index (χ0v) is 42.8. The summed E-state index contributed by atoms with van der Waals surface area (Å²) in [5, 5.41) is 122. The fourth-order valence-electron chi connectivity index (χ4n) is 8.55. The maximum atomic E-state index is 15.1. The molecule has 448 valence electrons. The molecular weight excluding hydrogens is 1180 g/mol. The Balaban J connectivity index is 2.10. The van der Waals surface area contributed by atoms with Gasteiger partial charge in [-0.15, -0.1) is 0 Å². The highest BCUT2D eigenvalue weighted by atomic mass is 16.6. The number of hydrogen-bond donors (Lipinski definition) is 12. The van der Waals surface area contributed by atoms with Gasteiger partial charge in [0.2, 0.25) is 0 Å². The Bertz CT molecular complexity index is 3850. The van der Waals surface area contributed by atoms with Crippen LogP contribution in [-0.2, 0) is 18.9 Å². The van der Waals surface area contributed by atoms with E-state index in [1.54, 1.807) is 0 Å². The Morgan fingerprint density at radius 2 is 0.483 bits per heavy atom. The van der Waals surface area contributed by atoms with Crippen LogP contribution < -0.4 is 0 Å². The van der Waals surface area contributed by atoms with Crippen LogP contribution in [-0.4, -0.2) is 175 Å². The third-order valence-electron chi connectivity index (χ3n) is 11.8. The molecule has 0 aliphatic carbocycles. The molecule has 0 amide bonds. The molecule has 34 heteroatoms. The molecule has 0 radical (unpaired) electrons. The molecule has 0 saturated heterocycles. The van der Waals surface area contributed by atoms with Gasteiger partial charge in [0.25, 0.3) is 0 Å². The molecule has 0 heterocycles. The minimum Gasteiger partial charge on any atom is -0.478 e. The van der Waals surface area contributed by atoms with Crippen molar-refractivity contribution in [2.45, 2.75) is 25.9 Å². The first-order chi connectivity index (χ1) is 40.7. The van der Waals surface area contributed by atoms with E-state index in [4.69, 9.17) is 9.47 Å². The normalized spacial score (nSPS) is 10.6. The van der Waals surface area contributed by atoms with Crippen molar-refractivity contribution in [1.29, 1.82) is 0 Å². The number of carbonyl (C=O) groups excluding carboxylic acids is 6. The zero-order chi connectivity index (χ0) is 65.5. The van der Waals surface area contributed by atoms with Gasteiger partial charge in [-0.2, -0.15) is 0 Å². The lowest BCUT2D eigenvalue weighted by Gasteiger charge is -2.23. The first-order valence-corrected chi connectivity index (χ1v) is 23.2. The minimum absolute atomic E-state index is 0.0443. The smallest absolute Gasteiger partial charge is 0.347 e. The summed E-state index contributed by atoms with van der Waals surface area (Å²) in [6.45, 7) is 0.504. The lowest BCUT2D eigenvalue weighted by Crippen LogP contribution is -2.33. The fourth-order valence-corrected chi connectivity index (χ4v) is 8.55. The summed E-state index contributed by atoms with van der Waals surface area (Å²) in [4.78, 5) is 242. The fraction of sp³-hybridized carbons (Fsp3) is 0.0943. The first kappa shape index (κ1) is 64.8. The van der Waals surface area contributed by atoms with Gasteiger partial charge in [0.15, 0.2) is 6.10 Å². The SMILES string of the molecule is CCCCOC(=O)c1c(C(=O)OC(c2ccccc2)c2ccccc2)c(C(=O)O)c(C(=O)O)c(C(=O)OC(=O)c2c(C(=O)O)c(C(=O)O)c(C(=O)O)c(C(=O)O)c2C(=O)O)c1C(=O)OC(=O)c1c(C(=O)O)c(C(=O)O)c(C(=O)O)c(C(=O)O)c1C(=O)O. The van der Waals surface area contributed by atoms with E-state index in [9.17, 15) is 143 Å². The van der Waals surface area contributed by atoms with Crippen molar-refractivity contribution >= 4 is 107 Å². The number of carboxylic acid groups (broad SMARTS) is 12. The number of rotatable bonds is 24. The van der Waals surface area contributed by atoms with Crippen LogP contribution in [0.1, 0.15) is 223 Å². The predicted octanol–water partition coefficient (Wildman–Crippen LogP) is 3.96. The van der Waals surface area contributed by atoms with Crippen molar-refractivity contribution < 1.29 is 167 Å². The molecule has 5 aromatic rings. The second kappa shape index (κ2) is 25.8. The maximum absolute atomic E-state index is 15.1. The average Bonchev–Trinajstić information content (AvgIpc) is 0.780. The van der Waals surface area contributed by atoms with Crippen LogP contribution in [0.5, 0.6) is 0 Å². The zero-order valence-electron chi connectivity index (χ0n) is 42.8. The summed E-state index contributed by atoms with van der Waals surface area (Å²) in [5.41, 5.74) is -41.9. The number of aromatic carboxylic acids is 12. The number of benzene rings is 5. The molecule has 0 aliphatic heterocycles. The lowest BCUT2D eigenvalue weighted by molar-refractivity contribution is 0.0330. The van der Waals surface area contributed by atoms with E-state index < -0.39 is 220 Å². The van der Waals surface area contributed by atoms with Gasteiger partial charge >= 0.3 is 107 Å². The van der Waals surface area contributed by atoms with Gasteiger partial charge in [0.05, 0.1) is 107 Å². The summed E-state index contributed by atoms with van der Waals surface area (Å²) in [6.07, 6.45) is -2.04. The molecule has 5 rings (SSSR count). The van der Waals surface area contributed by atoms with Gasteiger partial charge in [0.1, 0.15) is 0 Å². The van der Waals surface area contributed by atoms with E-state index in [2.05, 4.69) is 9.47 Å². The number of esters is 6. The molecule has 0 saturated carbocycles. The molecule has 87 heavy (non-hydrogen) atoms. The summed E-state index contributed by atoms with van der Waals surface area (Å²) >= 11 is 0. The molecule has 12 N–H and O–H groups in total. The minimum atomic E-state index is -3.11. The van der Waals surface area contributed by atoms with Crippen LogP contribution in [0.3, 0.4) is 0 Å². The Morgan fingerprint density at radius 3 is 0.713 bits per heavy atom. The van der Waals surface area contributed by atoms with E-state index in [0.717, 1.165) is 0 Å². The van der Waals surface area contributed by atoms with E-state index in [0.29, 0.717) is 0 Å². The monoisotopic (exact) mass is 1210 g/mol. The van der Waals surface area contributed by atoms with Crippen molar-refractivity contribution in [3.8, 4) is 0 Å². The van der Waals surface area contributed by atoms with Crippen LogP contribution in [0.4, 0.5) is 0 Å². The average molecular weight is 1210 g/mol. The number of carbonyl (C=O) groups is 18. The summed E-state index contributed by atoms with van der Waals surface area (Å²) in [5.74, 6) is -50.6. The topological polar surface area (TPSA) is 587 Å². The van der Waals surface area contributed by atoms with E-state index in [1.165, 1.54) is 67.6 Å². The Morgan fingerprint density at radius 1 is 0.287 bits per heavy atom. The summed E-state index contributed by atoms with van der Waals surface area (Å²) in [6, 6.07) is 13.3. The van der Waals surface area contributed by atoms with Gasteiger partial charge in [-0.3, -0.25) is 0 Å². The Labute approximate surface area is 477 Å². The summed E-state index contributed by atoms with van der Waals surface area (Å²) < 4.78 is 19.9. The number of hydrogen-bond acceptors (Lipinski definition) is 22. The Hall–Kier alpha value is -13.0. The van der Waals surface area contributed by atoms with Crippen LogP contribution in [0.25, 0.3) is 0 Å². The largest absolute Gasteiger partial charge is 0.478 e. The van der Waals surface area contributed by atoms with Crippen molar-refractivity contribution in [2.75, 3.05) is 6.61 Å². The number of ether oxygens (including phenoxy) is 4. The highest BCUT2D eigenvalue weighted by molar-refractivity contribution is 6.29. The quantitative estimate of drug-likeness (QED) is 0.0180. The maximum Gasteiger partial charge on any atom is 0.347 e. The molecule has 0 spiro atoms. The van der Waals surface area contributed by atoms with E-state index in [-0.39, 0.29) is 24.0 Å². The van der Waals surface area contributed by atoms with Crippen molar-refractivity contribution in [3.63, 3.8) is 0 Å². The lowest BCUT2D eigenvalue weighted by atomic mass is 9.85. The molecule has 34 nitrogen and oxygen atoms in total. The number of unbranched alkanes of at least 4 members (excludes halogenated alkanes) is 1. The van der Waals surface area contributed by atoms with Gasteiger partial charge < -0.3 is 80.2 Å². The molecule has 0 fully saturated rings. The van der Waals surface area contributed by atoms with Crippen molar-refractivity contribution in [1.82, 2.24) is 0 Å². The van der Waals surface area contributed by atoms with Gasteiger partial charge in [0, 0.05) is 0 Å². The molecule has 0 atom stereocenters. The predicted molar refractivity (Wildman–Crippen MR) is 268 cm³/mol. The highest BCUT2D eigenvalue weighted by Crippen LogP contribution is 2.38. The molecular formula is C53H32O34. The van der Waals surface area contributed by atoms with E-state index >= 15 is 4.79 Å². The molecule has 0 aromatic heterocycles. The van der Waals surface area contributed by atoms with Crippen LogP contribution in [0, 0.1) is 0 Å². The third-order valence-corrected chi connectivity index (χ3v) is 11.8. The van der Waals surface area contributed by atoms with Gasteiger partial charge in [-0.05, 0) is 17.5 Å². The second-order valence-electron chi connectivity index (χ2n) is 16.9. The third kappa shape index (κ3) is 12.4. The van der Waals surface area contributed by atoms with Crippen molar-refractivity contribution in [2.24, 2.45) is 0 Å². The molecule has 0 unspecified atom stereocenters. The molecule has 0 aliphatic rings. The molecule has 5 aromatic carbocycles. The summed E-state index contributed by atoms with van der Waals surface area (Å²) in [7, 11) is 0. The second-order valence-corrected chi connectivity index (χ2v) is 16.9.